The Hall–Kier alpha value is -2.51. The van der Waals surface area contributed by atoms with Crippen molar-refractivity contribution in [1.82, 2.24) is 14.8 Å². The van der Waals surface area contributed by atoms with Crippen molar-refractivity contribution in [2.24, 2.45) is 0 Å². The Kier molecular flexibility index (Phi) is 5.25. The van der Waals surface area contributed by atoms with Gasteiger partial charge in [-0.1, -0.05) is 24.3 Å². The predicted octanol–water partition coefficient (Wildman–Crippen LogP) is 0.527. The lowest BCUT2D eigenvalue weighted by Crippen LogP contribution is -2.40. The highest BCUT2D eigenvalue weighted by atomic mass is 16.5. The number of aliphatic hydroxyl groups is 1. The molecular formula is C18H21N3O4. The molecule has 1 N–H and O–H groups in total. The summed E-state index contributed by atoms with van der Waals surface area (Å²) in [6, 6.07) is 9.30. The Labute approximate surface area is 145 Å². The lowest BCUT2D eigenvalue weighted by atomic mass is 10.1. The van der Waals surface area contributed by atoms with E-state index in [1.807, 2.05) is 30.3 Å². The van der Waals surface area contributed by atoms with E-state index < -0.39 is 6.10 Å². The molecule has 25 heavy (non-hydrogen) atoms. The fourth-order valence-electron chi connectivity index (χ4n) is 3.01. The van der Waals surface area contributed by atoms with E-state index >= 15 is 0 Å². The molecular weight excluding hydrogens is 322 g/mol. The molecule has 1 atom stereocenters. The number of carbonyl (C=O) groups excluding carboxylic acids is 2. The van der Waals surface area contributed by atoms with Crippen molar-refractivity contribution < 1.29 is 19.4 Å². The molecule has 2 heterocycles. The van der Waals surface area contributed by atoms with Gasteiger partial charge in [0.1, 0.15) is 12.2 Å². The van der Waals surface area contributed by atoms with Gasteiger partial charge in [0, 0.05) is 38.3 Å². The van der Waals surface area contributed by atoms with Gasteiger partial charge in [0.15, 0.2) is 0 Å². The molecule has 1 aromatic heterocycles. The summed E-state index contributed by atoms with van der Waals surface area (Å²) in [5.41, 5.74) is 0.295. The third kappa shape index (κ3) is 3.78. The first-order valence-electron chi connectivity index (χ1n) is 8.18. The van der Waals surface area contributed by atoms with E-state index in [1.54, 1.807) is 13.3 Å². The third-order valence-corrected chi connectivity index (χ3v) is 4.27. The van der Waals surface area contributed by atoms with Crippen LogP contribution in [0.5, 0.6) is 0 Å². The number of fused-ring (bicyclic) bond motifs is 1. The van der Waals surface area contributed by atoms with Gasteiger partial charge in [0.2, 0.25) is 5.91 Å². The Morgan fingerprint density at radius 2 is 2.12 bits per heavy atom. The highest BCUT2D eigenvalue weighted by Crippen LogP contribution is 2.19. The predicted molar refractivity (Wildman–Crippen MR) is 92.1 cm³/mol. The molecule has 0 spiro atoms. The average molecular weight is 343 g/mol. The number of aliphatic hydroxyl groups excluding tert-OH is 1. The number of ether oxygens (including phenoxy) is 1. The van der Waals surface area contributed by atoms with Gasteiger partial charge in [-0.25, -0.2) is 0 Å². The minimum Gasteiger partial charge on any atom is -0.389 e. The normalized spacial score (nSPS) is 18.5. The van der Waals surface area contributed by atoms with E-state index in [-0.39, 0.29) is 31.4 Å². The average Bonchev–Trinajstić information content (AvgIpc) is 2.77. The summed E-state index contributed by atoms with van der Waals surface area (Å²) in [7, 11) is 1.56. The SMILES string of the molecule is COCCN1CC(O)CN(C(=O)c2nccc3ccccc23)CC1=O. The number of methoxy groups -OCH3 is 1. The molecule has 1 fully saturated rings. The van der Waals surface area contributed by atoms with Crippen LogP contribution < -0.4 is 0 Å². The molecule has 3 rings (SSSR count). The molecule has 0 bridgehead atoms. The number of hydrogen-bond donors (Lipinski definition) is 1. The monoisotopic (exact) mass is 343 g/mol. The third-order valence-electron chi connectivity index (χ3n) is 4.27. The largest absolute Gasteiger partial charge is 0.389 e. The molecule has 1 unspecified atom stereocenters. The highest BCUT2D eigenvalue weighted by Gasteiger charge is 2.30. The van der Waals surface area contributed by atoms with Crippen molar-refractivity contribution >= 4 is 22.6 Å². The molecule has 1 saturated heterocycles. The number of β-amino-alcohol motifs (C(OH)–C–C–N with tert-alkyl or cyclic N) is 1. The lowest BCUT2D eigenvalue weighted by Gasteiger charge is -2.21. The summed E-state index contributed by atoms with van der Waals surface area (Å²) in [5, 5.41) is 11.8. The lowest BCUT2D eigenvalue weighted by molar-refractivity contribution is -0.131. The second kappa shape index (κ2) is 7.58. The minimum atomic E-state index is -0.803. The van der Waals surface area contributed by atoms with Gasteiger partial charge in [0.25, 0.3) is 5.91 Å². The van der Waals surface area contributed by atoms with Crippen molar-refractivity contribution in [2.75, 3.05) is 39.9 Å². The maximum absolute atomic E-state index is 12.9. The molecule has 1 aliphatic heterocycles. The molecule has 0 saturated carbocycles. The molecule has 2 amide bonds. The number of benzene rings is 1. The van der Waals surface area contributed by atoms with Crippen LogP contribution in [0.15, 0.2) is 36.5 Å². The summed E-state index contributed by atoms with van der Waals surface area (Å²) in [4.78, 5) is 32.5. The first-order valence-corrected chi connectivity index (χ1v) is 8.18. The van der Waals surface area contributed by atoms with E-state index in [9.17, 15) is 14.7 Å². The van der Waals surface area contributed by atoms with E-state index in [1.165, 1.54) is 9.80 Å². The summed E-state index contributed by atoms with van der Waals surface area (Å²) in [6.07, 6.45) is 0.776. The maximum atomic E-state index is 12.9. The molecule has 1 aliphatic rings. The fourth-order valence-corrected chi connectivity index (χ4v) is 3.01. The number of pyridine rings is 1. The standard InChI is InChI=1S/C18H21N3O4/c1-25-9-8-20-10-14(22)11-21(12-16(20)23)18(24)17-15-5-3-2-4-13(15)6-7-19-17/h2-7,14,22H,8-12H2,1H3. The quantitative estimate of drug-likeness (QED) is 0.875. The Balaban J connectivity index is 1.85. The van der Waals surface area contributed by atoms with Gasteiger partial charge in [-0.15, -0.1) is 0 Å². The number of aromatic nitrogens is 1. The second-order valence-corrected chi connectivity index (χ2v) is 6.05. The van der Waals surface area contributed by atoms with E-state index in [2.05, 4.69) is 4.98 Å². The smallest absolute Gasteiger partial charge is 0.273 e. The van der Waals surface area contributed by atoms with Crippen LogP contribution in [-0.2, 0) is 9.53 Å². The van der Waals surface area contributed by atoms with Crippen LogP contribution in [-0.4, -0.2) is 77.7 Å². The topological polar surface area (TPSA) is 83.0 Å². The van der Waals surface area contributed by atoms with Gasteiger partial charge in [0.05, 0.1) is 12.7 Å². The number of rotatable bonds is 4. The van der Waals surface area contributed by atoms with E-state index in [4.69, 9.17) is 4.74 Å². The van der Waals surface area contributed by atoms with Gasteiger partial charge < -0.3 is 19.6 Å². The zero-order chi connectivity index (χ0) is 17.8. The molecule has 7 heteroatoms. The second-order valence-electron chi connectivity index (χ2n) is 6.05. The van der Waals surface area contributed by atoms with Crippen LogP contribution in [0.4, 0.5) is 0 Å². The van der Waals surface area contributed by atoms with Crippen molar-refractivity contribution in [3.05, 3.63) is 42.2 Å². The van der Waals surface area contributed by atoms with Gasteiger partial charge >= 0.3 is 0 Å². The van der Waals surface area contributed by atoms with Gasteiger partial charge in [-0.05, 0) is 11.5 Å². The highest BCUT2D eigenvalue weighted by molar-refractivity contribution is 6.06. The zero-order valence-corrected chi connectivity index (χ0v) is 14.1. The first-order chi connectivity index (χ1) is 12.1. The summed E-state index contributed by atoms with van der Waals surface area (Å²) in [5.74, 6) is -0.556. The number of carbonyl (C=O) groups is 2. The van der Waals surface area contributed by atoms with Crippen LogP contribution in [0, 0.1) is 0 Å². The molecule has 1 aromatic carbocycles. The Bertz CT molecular complexity index is 775. The van der Waals surface area contributed by atoms with Crippen LogP contribution in [0.25, 0.3) is 10.8 Å². The zero-order valence-electron chi connectivity index (χ0n) is 14.1. The molecule has 0 aliphatic carbocycles. The summed E-state index contributed by atoms with van der Waals surface area (Å²) in [6.45, 7) is 0.983. The van der Waals surface area contributed by atoms with Crippen molar-refractivity contribution in [3.63, 3.8) is 0 Å². The minimum absolute atomic E-state index is 0.0789. The van der Waals surface area contributed by atoms with Crippen molar-refractivity contribution in [1.29, 1.82) is 0 Å². The van der Waals surface area contributed by atoms with Gasteiger partial charge in [-0.3, -0.25) is 14.6 Å². The van der Waals surface area contributed by atoms with Gasteiger partial charge in [-0.2, -0.15) is 0 Å². The Morgan fingerprint density at radius 3 is 2.92 bits per heavy atom. The van der Waals surface area contributed by atoms with E-state index in [0.717, 1.165) is 10.8 Å². The van der Waals surface area contributed by atoms with Crippen LogP contribution >= 0.6 is 0 Å². The van der Waals surface area contributed by atoms with E-state index in [0.29, 0.717) is 18.8 Å². The number of amides is 2. The Morgan fingerprint density at radius 1 is 1.32 bits per heavy atom. The van der Waals surface area contributed by atoms with Crippen LogP contribution in [0.3, 0.4) is 0 Å². The van der Waals surface area contributed by atoms with Crippen LogP contribution in [0.1, 0.15) is 10.5 Å². The van der Waals surface area contributed by atoms with Crippen molar-refractivity contribution in [2.45, 2.75) is 6.10 Å². The molecule has 132 valence electrons. The first kappa shape index (κ1) is 17.3. The summed E-state index contributed by atoms with van der Waals surface area (Å²) < 4.78 is 4.99. The molecule has 2 aromatic rings. The number of hydrogen-bond acceptors (Lipinski definition) is 5. The summed E-state index contributed by atoms with van der Waals surface area (Å²) >= 11 is 0. The molecule has 7 nitrogen and oxygen atoms in total. The van der Waals surface area contributed by atoms with Crippen LogP contribution in [0.2, 0.25) is 0 Å². The number of nitrogens with zero attached hydrogens (tertiary/aromatic N) is 3. The fraction of sp³-hybridized carbons (Fsp3) is 0.389. The maximum Gasteiger partial charge on any atom is 0.273 e. The molecule has 0 radical (unpaired) electrons. The van der Waals surface area contributed by atoms with Crippen molar-refractivity contribution in [3.8, 4) is 0 Å².